The zero-order valence-corrected chi connectivity index (χ0v) is 23.8. The average Bonchev–Trinajstić information content (AvgIpc) is 3.55. The molecule has 0 spiro atoms. The second kappa shape index (κ2) is 12.4. The first-order valence-electron chi connectivity index (χ1n) is 13.7. The van der Waals surface area contributed by atoms with Crippen molar-refractivity contribution >= 4 is 28.8 Å². The Labute approximate surface area is 246 Å². The predicted molar refractivity (Wildman–Crippen MR) is 140 cm³/mol. The number of carboxylic acids is 1. The molecule has 4 N–H and O–H groups in total. The number of halogens is 6. The number of nitrogens with zero attached hydrogens (tertiary/aromatic N) is 3. The van der Waals surface area contributed by atoms with Gasteiger partial charge in [-0.1, -0.05) is 25.1 Å². The second-order valence-corrected chi connectivity index (χ2v) is 11.3. The smallest absolute Gasteiger partial charge is 0.390 e. The van der Waals surface area contributed by atoms with Crippen LogP contribution in [0.4, 0.5) is 26.3 Å². The van der Waals surface area contributed by atoms with Gasteiger partial charge >= 0.3 is 12.1 Å². The molecule has 3 unspecified atom stereocenters. The molecule has 2 amide bonds. The van der Waals surface area contributed by atoms with E-state index < -0.39 is 95.9 Å². The quantitative estimate of drug-likeness (QED) is 0.228. The molecule has 4 rings (SSSR count). The number of alkyl halides is 5. The van der Waals surface area contributed by atoms with Crippen LogP contribution in [0.2, 0.25) is 0 Å². The summed E-state index contributed by atoms with van der Waals surface area (Å²) >= 11 is 0. The third-order valence-electron chi connectivity index (χ3n) is 7.68. The van der Waals surface area contributed by atoms with Crippen molar-refractivity contribution in [2.24, 2.45) is 11.8 Å². The zero-order valence-electron chi connectivity index (χ0n) is 23.8. The van der Waals surface area contributed by atoms with Crippen LogP contribution in [0.1, 0.15) is 85.5 Å². The van der Waals surface area contributed by atoms with Gasteiger partial charge in [-0.2, -0.15) is 13.2 Å². The summed E-state index contributed by atoms with van der Waals surface area (Å²) in [4.78, 5) is 44.5. The molecule has 3 atom stereocenters. The van der Waals surface area contributed by atoms with Crippen molar-refractivity contribution in [2.75, 3.05) is 0 Å². The predicted octanol–water partition coefficient (Wildman–Crippen LogP) is 4.95. The molecule has 1 aliphatic rings. The van der Waals surface area contributed by atoms with Gasteiger partial charge in [-0.15, -0.1) is 0 Å². The molecule has 2 aromatic heterocycles. The van der Waals surface area contributed by atoms with Gasteiger partial charge in [-0.05, 0) is 42.8 Å². The lowest BCUT2D eigenvalue weighted by atomic mass is 9.81. The third kappa shape index (κ3) is 7.30. The van der Waals surface area contributed by atoms with Crippen LogP contribution in [0.3, 0.4) is 0 Å². The lowest BCUT2D eigenvalue weighted by Gasteiger charge is -2.33. The number of aryl methyl sites for hydroxylation is 1. The maximum atomic E-state index is 15.9. The van der Waals surface area contributed by atoms with E-state index in [1.165, 1.54) is 26.8 Å². The van der Waals surface area contributed by atoms with Gasteiger partial charge < -0.3 is 20.7 Å². The number of H-pyrrole nitrogens is 1. The van der Waals surface area contributed by atoms with Crippen molar-refractivity contribution < 1.29 is 50.5 Å². The number of benzene rings is 1. The molecule has 17 heteroatoms. The van der Waals surface area contributed by atoms with Crippen LogP contribution in [-0.2, 0) is 9.59 Å². The van der Waals surface area contributed by atoms with Crippen molar-refractivity contribution in [3.63, 3.8) is 0 Å². The minimum atomic E-state index is -4.93. The van der Waals surface area contributed by atoms with Crippen molar-refractivity contribution in [3.8, 4) is 0 Å². The third-order valence-corrected chi connectivity index (χ3v) is 7.68. The number of imidazole rings is 1. The van der Waals surface area contributed by atoms with E-state index in [1.54, 1.807) is 0 Å². The van der Waals surface area contributed by atoms with Crippen molar-refractivity contribution in [1.82, 2.24) is 30.9 Å². The normalized spacial score (nSPS) is 17.8. The van der Waals surface area contributed by atoms with Crippen molar-refractivity contribution in [3.05, 3.63) is 40.7 Å². The van der Waals surface area contributed by atoms with E-state index in [9.17, 15) is 41.4 Å². The highest BCUT2D eigenvalue weighted by Crippen LogP contribution is 2.42. The van der Waals surface area contributed by atoms with E-state index in [0.29, 0.717) is 0 Å². The van der Waals surface area contributed by atoms with E-state index in [0.717, 1.165) is 6.07 Å². The molecule has 11 nitrogen and oxygen atoms in total. The van der Waals surface area contributed by atoms with E-state index in [2.05, 4.69) is 35.5 Å². The van der Waals surface area contributed by atoms with Crippen molar-refractivity contribution in [2.45, 2.75) is 83.0 Å². The number of hydrogen-bond acceptors (Lipinski definition) is 7. The van der Waals surface area contributed by atoms with E-state index in [1.807, 2.05) is 0 Å². The molecule has 1 aliphatic carbocycles. The van der Waals surface area contributed by atoms with Crippen LogP contribution in [0.15, 0.2) is 16.8 Å². The van der Waals surface area contributed by atoms with Gasteiger partial charge in [-0.3, -0.25) is 9.59 Å². The van der Waals surface area contributed by atoms with Gasteiger partial charge in [0.05, 0.1) is 23.9 Å². The molecule has 0 bridgehead atoms. The number of amides is 2. The Hall–Kier alpha value is -4.18. The van der Waals surface area contributed by atoms with Gasteiger partial charge in [0.1, 0.15) is 23.1 Å². The summed E-state index contributed by atoms with van der Waals surface area (Å²) in [5, 5.41) is 21.2. The Bertz CT molecular complexity index is 1530. The fourth-order valence-corrected chi connectivity index (χ4v) is 5.29. The molecule has 3 aromatic rings. The van der Waals surface area contributed by atoms with Crippen LogP contribution in [0, 0.1) is 24.6 Å². The van der Waals surface area contributed by atoms with Crippen LogP contribution in [0.5, 0.6) is 0 Å². The Kier molecular flexibility index (Phi) is 9.25. The summed E-state index contributed by atoms with van der Waals surface area (Å²) < 4.78 is 88.9. The maximum Gasteiger partial charge on any atom is 0.390 e. The monoisotopic (exact) mass is 632 g/mol. The van der Waals surface area contributed by atoms with E-state index >= 15 is 4.39 Å². The van der Waals surface area contributed by atoms with Gasteiger partial charge in [0.2, 0.25) is 11.8 Å². The number of carbonyl (C=O) groups is 3. The molecule has 2 heterocycles. The zero-order chi connectivity index (χ0) is 32.6. The van der Waals surface area contributed by atoms with Crippen molar-refractivity contribution in [1.29, 1.82) is 0 Å². The summed E-state index contributed by atoms with van der Waals surface area (Å²) in [5.74, 6) is -11.3. The first kappa shape index (κ1) is 32.7. The molecular formula is C27H30F6N6O5. The number of nitrogens with one attached hydrogen (secondary N) is 3. The molecular weight excluding hydrogens is 602 g/mol. The molecule has 44 heavy (non-hydrogen) atoms. The minimum Gasteiger partial charge on any atom is -0.480 e. The highest BCUT2D eigenvalue weighted by molar-refractivity contribution is 5.93. The van der Waals surface area contributed by atoms with Gasteiger partial charge in [0.15, 0.2) is 11.5 Å². The fourth-order valence-electron chi connectivity index (χ4n) is 5.29. The molecule has 0 aliphatic heterocycles. The Balaban J connectivity index is 1.73. The van der Waals surface area contributed by atoms with Crippen LogP contribution in [0.25, 0.3) is 11.0 Å². The first-order valence-corrected chi connectivity index (χ1v) is 13.7. The molecule has 1 saturated carbocycles. The molecule has 240 valence electrons. The number of hydrogen-bond donors (Lipinski definition) is 4. The topological polar surface area (TPSA) is 163 Å². The van der Waals surface area contributed by atoms with Gasteiger partial charge in [0, 0.05) is 18.4 Å². The van der Waals surface area contributed by atoms with Crippen LogP contribution < -0.4 is 10.6 Å². The second-order valence-electron chi connectivity index (χ2n) is 11.3. The molecule has 0 saturated heterocycles. The molecule has 1 fully saturated rings. The number of carbonyl (C=O) groups excluding carboxylic acids is 2. The number of aromatic nitrogens is 4. The standard InChI is InChI=1S/C27H30F6N6O5/c1-11(2)18(25(42)43)36-23(40)15(10-27(31,32)33)14-4-5-16-21(17(14)28)35-22(34-16)20(13-6-8-26(29,30)9-7-13)37-24(41)19-12(3)38-44-39-19/h4-5,11,13,15,18,20H,6-10H2,1-3H3,(H,34,35)(H,36,40)(H,37,41)(H,42,43). The summed E-state index contributed by atoms with van der Waals surface area (Å²) in [6, 6.07) is -0.447. The van der Waals surface area contributed by atoms with E-state index in [4.69, 9.17) is 0 Å². The SMILES string of the molecule is Cc1nonc1C(=O)NC(c1nc2c(F)c(C(CC(F)(F)F)C(=O)NC(C(=O)O)C(C)C)ccc2[nH]1)C1CCC(F)(F)CC1. The average molecular weight is 633 g/mol. The lowest BCUT2D eigenvalue weighted by molar-refractivity contribution is -0.150. The Morgan fingerprint density at radius 1 is 1.14 bits per heavy atom. The number of carboxylic acid groups (broad SMARTS) is 1. The fraction of sp³-hybridized carbons (Fsp3) is 0.556. The summed E-state index contributed by atoms with van der Waals surface area (Å²) in [6.45, 7) is 4.34. The summed E-state index contributed by atoms with van der Waals surface area (Å²) in [6.07, 6.45) is -7.74. The van der Waals surface area contributed by atoms with Crippen LogP contribution in [-0.4, -0.2) is 61.3 Å². The Morgan fingerprint density at radius 2 is 1.80 bits per heavy atom. The number of fused-ring (bicyclic) bond motifs is 1. The number of rotatable bonds is 10. The van der Waals surface area contributed by atoms with E-state index in [-0.39, 0.29) is 35.6 Å². The maximum absolute atomic E-state index is 15.9. The summed E-state index contributed by atoms with van der Waals surface area (Å²) in [7, 11) is 0. The Morgan fingerprint density at radius 3 is 2.34 bits per heavy atom. The summed E-state index contributed by atoms with van der Waals surface area (Å²) in [5.41, 5.74) is -1.18. The first-order chi connectivity index (χ1) is 20.5. The molecule has 0 radical (unpaired) electrons. The van der Waals surface area contributed by atoms with Gasteiger partial charge in [0.25, 0.3) is 5.91 Å². The highest BCUT2D eigenvalue weighted by atomic mass is 19.4. The van der Waals surface area contributed by atoms with Crippen LogP contribution >= 0.6 is 0 Å². The largest absolute Gasteiger partial charge is 0.480 e. The number of aliphatic carboxylic acids is 1. The number of aromatic amines is 1. The highest BCUT2D eigenvalue weighted by Gasteiger charge is 2.41. The van der Waals surface area contributed by atoms with Gasteiger partial charge in [-0.25, -0.2) is 27.6 Å². The lowest BCUT2D eigenvalue weighted by Crippen LogP contribution is -2.46. The molecule has 1 aromatic carbocycles. The minimum absolute atomic E-state index is 0.00215.